The van der Waals surface area contributed by atoms with Gasteiger partial charge in [0, 0.05) is 65.1 Å². The van der Waals surface area contributed by atoms with Gasteiger partial charge in [-0.15, -0.1) is 0 Å². The fourth-order valence-electron chi connectivity index (χ4n) is 3.87. The summed E-state index contributed by atoms with van der Waals surface area (Å²) in [5.74, 6) is 3.42. The number of rotatable bonds is 8. The fourth-order valence-corrected chi connectivity index (χ4v) is 3.87. The van der Waals surface area contributed by atoms with E-state index in [1.54, 1.807) is 14.2 Å². The zero-order valence-corrected chi connectivity index (χ0v) is 20.0. The molecule has 0 bridgehead atoms. The first-order valence-corrected chi connectivity index (χ1v) is 11.1. The molecule has 1 aromatic carbocycles. The Bertz CT molecular complexity index is 896. The number of likely N-dealkylation sites (N-methyl/N-ethyl adjacent to an activating group) is 2. The molecule has 1 aliphatic rings. The standard InChI is InChI=1S/C24H36N6O2/c1-25-24(29(3)12-10-19-8-9-21(31-4)22(17-19)32-5)27-18-20-7-6-11-26-23(20)30-15-13-28(2)14-16-30/h6-9,11,17H,10,12-16,18H2,1-5H3,(H,25,27). The third-order valence-corrected chi connectivity index (χ3v) is 5.86. The van der Waals surface area contributed by atoms with E-state index in [9.17, 15) is 0 Å². The molecular formula is C24H36N6O2. The van der Waals surface area contributed by atoms with Crippen LogP contribution in [0, 0.1) is 0 Å². The SMILES string of the molecule is CN=C(NCc1cccnc1N1CCN(C)CC1)N(C)CCc1ccc(OC)c(OC)c1. The number of hydrogen-bond acceptors (Lipinski definition) is 6. The minimum atomic E-state index is 0.683. The number of nitrogens with one attached hydrogen (secondary N) is 1. The smallest absolute Gasteiger partial charge is 0.193 e. The monoisotopic (exact) mass is 440 g/mol. The van der Waals surface area contributed by atoms with Crippen LogP contribution in [0.25, 0.3) is 0 Å². The number of anilines is 1. The van der Waals surface area contributed by atoms with Crippen molar-refractivity contribution < 1.29 is 9.47 Å². The fraction of sp³-hybridized carbons (Fsp3) is 0.500. The van der Waals surface area contributed by atoms with Crippen LogP contribution in [0.3, 0.4) is 0 Å². The molecule has 0 atom stereocenters. The third-order valence-electron chi connectivity index (χ3n) is 5.86. The Balaban J connectivity index is 1.58. The van der Waals surface area contributed by atoms with Crippen LogP contribution in [0.5, 0.6) is 11.5 Å². The second-order valence-corrected chi connectivity index (χ2v) is 8.04. The third kappa shape index (κ3) is 6.03. The highest BCUT2D eigenvalue weighted by Crippen LogP contribution is 2.27. The zero-order valence-electron chi connectivity index (χ0n) is 20.0. The highest BCUT2D eigenvalue weighted by atomic mass is 16.5. The molecule has 1 fully saturated rings. The lowest BCUT2D eigenvalue weighted by atomic mass is 10.1. The van der Waals surface area contributed by atoms with Gasteiger partial charge in [0.15, 0.2) is 17.5 Å². The number of methoxy groups -OCH3 is 2. The van der Waals surface area contributed by atoms with E-state index in [4.69, 9.17) is 9.47 Å². The summed E-state index contributed by atoms with van der Waals surface area (Å²) < 4.78 is 10.7. The van der Waals surface area contributed by atoms with Crippen LogP contribution in [0.1, 0.15) is 11.1 Å². The minimum Gasteiger partial charge on any atom is -0.493 e. The molecule has 1 N–H and O–H groups in total. The van der Waals surface area contributed by atoms with Gasteiger partial charge in [0.1, 0.15) is 5.82 Å². The van der Waals surface area contributed by atoms with Gasteiger partial charge in [0.05, 0.1) is 14.2 Å². The summed E-state index contributed by atoms with van der Waals surface area (Å²) in [6, 6.07) is 10.2. The summed E-state index contributed by atoms with van der Waals surface area (Å²) >= 11 is 0. The van der Waals surface area contributed by atoms with Gasteiger partial charge in [-0.3, -0.25) is 4.99 Å². The second kappa shape index (κ2) is 11.6. The number of ether oxygens (including phenoxy) is 2. The van der Waals surface area contributed by atoms with Gasteiger partial charge < -0.3 is 29.5 Å². The molecule has 0 amide bonds. The molecule has 1 aromatic heterocycles. The average molecular weight is 441 g/mol. The minimum absolute atomic E-state index is 0.683. The molecule has 32 heavy (non-hydrogen) atoms. The first-order chi connectivity index (χ1) is 15.5. The van der Waals surface area contributed by atoms with Crippen molar-refractivity contribution in [2.45, 2.75) is 13.0 Å². The van der Waals surface area contributed by atoms with Crippen LogP contribution in [0.2, 0.25) is 0 Å². The van der Waals surface area contributed by atoms with Gasteiger partial charge in [0.25, 0.3) is 0 Å². The van der Waals surface area contributed by atoms with Crippen LogP contribution < -0.4 is 19.7 Å². The van der Waals surface area contributed by atoms with Crippen LogP contribution in [0.15, 0.2) is 41.5 Å². The van der Waals surface area contributed by atoms with Crippen LogP contribution in [-0.4, -0.2) is 88.8 Å². The molecule has 8 nitrogen and oxygen atoms in total. The molecule has 1 saturated heterocycles. The maximum Gasteiger partial charge on any atom is 0.193 e. The predicted octanol–water partition coefficient (Wildman–Crippen LogP) is 2.10. The Hall–Kier alpha value is -3.00. The molecule has 174 valence electrons. The van der Waals surface area contributed by atoms with E-state index in [-0.39, 0.29) is 0 Å². The van der Waals surface area contributed by atoms with Gasteiger partial charge in [-0.2, -0.15) is 0 Å². The molecule has 2 aromatic rings. The maximum atomic E-state index is 5.42. The highest BCUT2D eigenvalue weighted by molar-refractivity contribution is 5.79. The van der Waals surface area contributed by atoms with E-state index in [0.717, 1.165) is 62.4 Å². The maximum absolute atomic E-state index is 5.42. The molecule has 0 unspecified atom stereocenters. The van der Waals surface area contributed by atoms with Gasteiger partial charge >= 0.3 is 0 Å². The molecule has 0 spiro atoms. The van der Waals surface area contributed by atoms with Crippen molar-refractivity contribution in [2.75, 3.05) is 73.0 Å². The van der Waals surface area contributed by atoms with Crippen molar-refractivity contribution in [3.63, 3.8) is 0 Å². The lowest BCUT2D eigenvalue weighted by molar-refractivity contribution is 0.312. The first kappa shape index (κ1) is 23.7. The summed E-state index contributed by atoms with van der Waals surface area (Å²) in [5, 5.41) is 3.50. The van der Waals surface area contributed by atoms with Crippen LogP contribution in [0.4, 0.5) is 5.82 Å². The number of aromatic nitrogens is 1. The summed E-state index contributed by atoms with van der Waals surface area (Å²) in [4.78, 5) is 16.0. The zero-order chi connectivity index (χ0) is 22.9. The van der Waals surface area contributed by atoms with E-state index in [2.05, 4.69) is 56.2 Å². The van der Waals surface area contributed by atoms with Crippen molar-refractivity contribution in [1.82, 2.24) is 20.1 Å². The highest BCUT2D eigenvalue weighted by Gasteiger charge is 2.18. The Morgan fingerprint density at radius 2 is 1.88 bits per heavy atom. The number of aliphatic imine (C=N–C) groups is 1. The number of guanidine groups is 1. The van der Waals surface area contributed by atoms with Gasteiger partial charge in [-0.1, -0.05) is 12.1 Å². The normalized spacial score (nSPS) is 14.9. The van der Waals surface area contributed by atoms with Crippen LogP contribution >= 0.6 is 0 Å². The van der Waals surface area contributed by atoms with Crippen molar-refractivity contribution in [1.29, 1.82) is 0 Å². The van der Waals surface area contributed by atoms with E-state index < -0.39 is 0 Å². The molecule has 0 radical (unpaired) electrons. The Morgan fingerprint density at radius 3 is 2.56 bits per heavy atom. The predicted molar refractivity (Wildman–Crippen MR) is 130 cm³/mol. The van der Waals surface area contributed by atoms with Gasteiger partial charge in [-0.25, -0.2) is 4.98 Å². The Labute approximate surface area is 191 Å². The van der Waals surface area contributed by atoms with Crippen molar-refractivity contribution >= 4 is 11.8 Å². The van der Waals surface area contributed by atoms with E-state index >= 15 is 0 Å². The van der Waals surface area contributed by atoms with Gasteiger partial charge in [-0.05, 0) is 37.2 Å². The number of pyridine rings is 1. The molecular weight excluding hydrogens is 404 g/mol. The van der Waals surface area contributed by atoms with E-state index in [1.165, 1.54) is 11.1 Å². The quantitative estimate of drug-likeness (QED) is 0.498. The molecule has 3 rings (SSSR count). The van der Waals surface area contributed by atoms with Crippen molar-refractivity contribution in [3.05, 3.63) is 47.7 Å². The summed E-state index contributed by atoms with van der Waals surface area (Å²) in [6.07, 6.45) is 2.75. The molecule has 0 saturated carbocycles. The van der Waals surface area contributed by atoms with E-state index in [1.807, 2.05) is 31.4 Å². The Morgan fingerprint density at radius 1 is 1.12 bits per heavy atom. The van der Waals surface area contributed by atoms with Crippen molar-refractivity contribution in [3.8, 4) is 11.5 Å². The molecule has 8 heteroatoms. The van der Waals surface area contributed by atoms with Crippen LogP contribution in [-0.2, 0) is 13.0 Å². The summed E-state index contributed by atoms with van der Waals surface area (Å²) in [5.41, 5.74) is 2.38. The number of piperazine rings is 1. The Kier molecular flexibility index (Phi) is 8.56. The summed E-state index contributed by atoms with van der Waals surface area (Å²) in [7, 11) is 9.35. The van der Waals surface area contributed by atoms with E-state index in [0.29, 0.717) is 6.54 Å². The first-order valence-electron chi connectivity index (χ1n) is 11.1. The average Bonchev–Trinajstić information content (AvgIpc) is 2.83. The second-order valence-electron chi connectivity index (χ2n) is 8.04. The lowest BCUT2D eigenvalue weighted by Gasteiger charge is -2.34. The largest absolute Gasteiger partial charge is 0.493 e. The number of hydrogen-bond donors (Lipinski definition) is 1. The molecule has 0 aliphatic carbocycles. The topological polar surface area (TPSA) is 65.5 Å². The lowest BCUT2D eigenvalue weighted by Crippen LogP contribution is -2.45. The van der Waals surface area contributed by atoms with Crippen molar-refractivity contribution in [2.24, 2.45) is 4.99 Å². The summed E-state index contributed by atoms with van der Waals surface area (Å²) in [6.45, 7) is 5.63. The number of nitrogens with zero attached hydrogens (tertiary/aromatic N) is 5. The molecule has 2 heterocycles. The number of benzene rings is 1. The van der Waals surface area contributed by atoms with Gasteiger partial charge in [0.2, 0.25) is 0 Å². The molecule has 1 aliphatic heterocycles.